The van der Waals surface area contributed by atoms with Gasteiger partial charge in [-0.3, -0.25) is 4.79 Å². The molecular formula is C12H12BrN3O2. The average molecular weight is 310 g/mol. The number of carboxylic acids is 1. The topological polar surface area (TPSA) is 90.4 Å². The van der Waals surface area contributed by atoms with Crippen molar-refractivity contribution < 1.29 is 9.90 Å². The number of hydrogen-bond acceptors (Lipinski definition) is 4. The zero-order valence-electron chi connectivity index (χ0n) is 9.56. The van der Waals surface area contributed by atoms with Crippen LogP contribution >= 0.6 is 15.9 Å². The normalized spacial score (nSPS) is 22.8. The first-order valence-electron chi connectivity index (χ1n) is 5.44. The summed E-state index contributed by atoms with van der Waals surface area (Å²) in [4.78, 5) is 12.9. The van der Waals surface area contributed by atoms with Gasteiger partial charge in [-0.2, -0.15) is 5.26 Å². The maximum Gasteiger partial charge on any atom is 0.325 e. The van der Waals surface area contributed by atoms with Gasteiger partial charge in [0.1, 0.15) is 11.6 Å². The highest BCUT2D eigenvalue weighted by molar-refractivity contribution is 9.10. The number of hydrogen-bond donors (Lipinski definition) is 2. The third kappa shape index (κ3) is 2.07. The van der Waals surface area contributed by atoms with Crippen molar-refractivity contribution in [3.05, 3.63) is 28.2 Å². The Labute approximate surface area is 113 Å². The zero-order valence-corrected chi connectivity index (χ0v) is 11.1. The molecule has 0 aromatic heterocycles. The lowest BCUT2D eigenvalue weighted by atomic mass is 10.0. The Balaban J connectivity index is 2.34. The molecule has 94 valence electrons. The highest BCUT2D eigenvalue weighted by Gasteiger charge is 2.41. The van der Waals surface area contributed by atoms with E-state index in [1.807, 2.05) is 11.0 Å². The van der Waals surface area contributed by atoms with Gasteiger partial charge < -0.3 is 15.7 Å². The number of anilines is 1. The molecule has 0 saturated carbocycles. The second-order valence-electron chi connectivity index (χ2n) is 4.38. The third-order valence-corrected chi connectivity index (χ3v) is 3.83. The molecule has 1 atom stereocenters. The van der Waals surface area contributed by atoms with Crippen LogP contribution in [0, 0.1) is 11.3 Å². The molecule has 6 heteroatoms. The van der Waals surface area contributed by atoms with Crippen LogP contribution in [0.2, 0.25) is 0 Å². The molecule has 1 unspecified atom stereocenters. The van der Waals surface area contributed by atoms with E-state index in [0.717, 1.165) is 5.69 Å². The lowest BCUT2D eigenvalue weighted by molar-refractivity contribution is -0.142. The second kappa shape index (κ2) is 4.59. The number of nitrogens with zero attached hydrogens (tertiary/aromatic N) is 2. The summed E-state index contributed by atoms with van der Waals surface area (Å²) in [6.07, 6.45) is 0.375. The summed E-state index contributed by atoms with van der Waals surface area (Å²) >= 11 is 3.32. The predicted octanol–water partition coefficient (Wildman–Crippen LogP) is 1.31. The van der Waals surface area contributed by atoms with Crippen molar-refractivity contribution in [2.45, 2.75) is 12.0 Å². The first-order valence-corrected chi connectivity index (χ1v) is 6.23. The number of rotatable bonds is 2. The summed E-state index contributed by atoms with van der Waals surface area (Å²) in [5.74, 6) is -1.00. The van der Waals surface area contributed by atoms with Gasteiger partial charge in [-0.05, 0) is 34.5 Å². The van der Waals surface area contributed by atoms with Gasteiger partial charge in [0.25, 0.3) is 0 Å². The zero-order chi connectivity index (χ0) is 13.3. The minimum absolute atomic E-state index is 0.216. The Bertz CT molecular complexity index is 541. The SMILES string of the molecule is N#Cc1c(Br)cccc1N1CCC(N)(C(=O)O)C1. The van der Waals surface area contributed by atoms with E-state index in [-0.39, 0.29) is 6.54 Å². The van der Waals surface area contributed by atoms with Gasteiger partial charge >= 0.3 is 5.97 Å². The van der Waals surface area contributed by atoms with Crippen LogP contribution in [0.4, 0.5) is 5.69 Å². The van der Waals surface area contributed by atoms with Gasteiger partial charge in [0.05, 0.1) is 11.3 Å². The molecule has 0 radical (unpaired) electrons. The minimum Gasteiger partial charge on any atom is -0.480 e. The Morgan fingerprint density at radius 1 is 1.61 bits per heavy atom. The van der Waals surface area contributed by atoms with Crippen LogP contribution in [0.25, 0.3) is 0 Å². The molecule has 1 aromatic rings. The van der Waals surface area contributed by atoms with E-state index in [4.69, 9.17) is 16.1 Å². The summed E-state index contributed by atoms with van der Waals surface area (Å²) in [6.45, 7) is 0.751. The fourth-order valence-electron chi connectivity index (χ4n) is 2.10. The van der Waals surface area contributed by atoms with Crippen molar-refractivity contribution in [2.24, 2.45) is 5.73 Å². The van der Waals surface area contributed by atoms with Crippen molar-refractivity contribution in [1.29, 1.82) is 5.26 Å². The van der Waals surface area contributed by atoms with Crippen molar-refractivity contribution >= 4 is 27.6 Å². The fourth-order valence-corrected chi connectivity index (χ4v) is 2.54. The van der Waals surface area contributed by atoms with E-state index in [0.29, 0.717) is 23.0 Å². The Morgan fingerprint density at radius 2 is 2.33 bits per heavy atom. The fraction of sp³-hybridized carbons (Fsp3) is 0.333. The maximum atomic E-state index is 11.1. The van der Waals surface area contributed by atoms with Crippen LogP contribution in [-0.4, -0.2) is 29.7 Å². The smallest absolute Gasteiger partial charge is 0.325 e. The van der Waals surface area contributed by atoms with Gasteiger partial charge in [-0.25, -0.2) is 0 Å². The third-order valence-electron chi connectivity index (χ3n) is 3.17. The summed E-state index contributed by atoms with van der Waals surface area (Å²) in [7, 11) is 0. The van der Waals surface area contributed by atoms with Crippen molar-refractivity contribution in [3.8, 4) is 6.07 Å². The molecule has 1 aliphatic heterocycles. The molecule has 5 nitrogen and oxygen atoms in total. The molecule has 0 bridgehead atoms. The predicted molar refractivity (Wildman–Crippen MR) is 70.2 cm³/mol. The van der Waals surface area contributed by atoms with Crippen LogP contribution in [0.15, 0.2) is 22.7 Å². The molecule has 1 heterocycles. The van der Waals surface area contributed by atoms with E-state index in [2.05, 4.69) is 22.0 Å². The van der Waals surface area contributed by atoms with E-state index < -0.39 is 11.5 Å². The molecule has 1 aromatic carbocycles. The summed E-state index contributed by atoms with van der Waals surface area (Å²) in [5, 5.41) is 18.2. The van der Waals surface area contributed by atoms with Crippen LogP contribution in [0.3, 0.4) is 0 Å². The summed E-state index contributed by atoms with van der Waals surface area (Å²) < 4.78 is 0.701. The molecule has 3 N–H and O–H groups in total. The molecule has 2 rings (SSSR count). The number of halogens is 1. The molecule has 1 saturated heterocycles. The molecule has 18 heavy (non-hydrogen) atoms. The highest BCUT2D eigenvalue weighted by atomic mass is 79.9. The van der Waals surface area contributed by atoms with Gasteiger partial charge in [0.15, 0.2) is 0 Å². The average Bonchev–Trinajstić information content (AvgIpc) is 2.73. The second-order valence-corrected chi connectivity index (χ2v) is 5.23. The van der Waals surface area contributed by atoms with Gasteiger partial charge in [0, 0.05) is 17.6 Å². The van der Waals surface area contributed by atoms with Crippen LogP contribution in [0.1, 0.15) is 12.0 Å². The number of benzene rings is 1. The first-order chi connectivity index (χ1) is 8.48. The molecule has 1 aliphatic rings. The molecule has 0 spiro atoms. The Morgan fingerprint density at radius 3 is 2.89 bits per heavy atom. The van der Waals surface area contributed by atoms with E-state index in [9.17, 15) is 4.79 Å². The first kappa shape index (κ1) is 12.9. The molecule has 1 fully saturated rings. The monoisotopic (exact) mass is 309 g/mol. The van der Waals surface area contributed by atoms with Crippen molar-refractivity contribution in [1.82, 2.24) is 0 Å². The largest absolute Gasteiger partial charge is 0.480 e. The number of aliphatic carboxylic acids is 1. The van der Waals surface area contributed by atoms with E-state index >= 15 is 0 Å². The summed E-state index contributed by atoms with van der Waals surface area (Å²) in [5.41, 5.74) is 5.83. The van der Waals surface area contributed by atoms with Crippen LogP contribution in [-0.2, 0) is 4.79 Å². The number of nitrogens with two attached hydrogens (primary N) is 1. The van der Waals surface area contributed by atoms with Gasteiger partial charge in [-0.1, -0.05) is 6.07 Å². The van der Waals surface area contributed by atoms with Crippen molar-refractivity contribution in [2.75, 3.05) is 18.0 Å². The minimum atomic E-state index is -1.23. The number of nitriles is 1. The quantitative estimate of drug-likeness (QED) is 0.859. The number of carboxylic acid groups (broad SMARTS) is 1. The van der Waals surface area contributed by atoms with Crippen LogP contribution in [0.5, 0.6) is 0 Å². The molecule has 0 aliphatic carbocycles. The van der Waals surface area contributed by atoms with Gasteiger partial charge in [-0.15, -0.1) is 0 Å². The van der Waals surface area contributed by atoms with E-state index in [1.165, 1.54) is 0 Å². The Kier molecular flexibility index (Phi) is 3.28. The lowest BCUT2D eigenvalue weighted by Gasteiger charge is -2.22. The standard InChI is InChI=1S/C12H12BrN3O2/c13-9-2-1-3-10(8(9)6-14)16-5-4-12(15,7-16)11(17)18/h1-3H,4-5,7,15H2,(H,17,18). The number of carbonyl (C=O) groups is 1. The molecular weight excluding hydrogens is 298 g/mol. The van der Waals surface area contributed by atoms with Crippen molar-refractivity contribution in [3.63, 3.8) is 0 Å². The molecule has 0 amide bonds. The highest BCUT2D eigenvalue weighted by Crippen LogP contribution is 2.31. The maximum absolute atomic E-state index is 11.1. The Hall–Kier alpha value is -1.58. The van der Waals surface area contributed by atoms with Crippen LogP contribution < -0.4 is 10.6 Å². The van der Waals surface area contributed by atoms with Gasteiger partial charge in [0.2, 0.25) is 0 Å². The summed E-state index contributed by atoms with van der Waals surface area (Å²) in [6, 6.07) is 7.52. The van der Waals surface area contributed by atoms with E-state index in [1.54, 1.807) is 12.1 Å². The lowest BCUT2D eigenvalue weighted by Crippen LogP contribution is -2.50.